The van der Waals surface area contributed by atoms with E-state index in [0.717, 1.165) is 5.56 Å². The maximum absolute atomic E-state index is 11.9. The van der Waals surface area contributed by atoms with Crippen LogP contribution in [0.25, 0.3) is 0 Å². The highest BCUT2D eigenvalue weighted by atomic mass is 19.4. The van der Waals surface area contributed by atoms with Crippen molar-refractivity contribution in [1.82, 2.24) is 0 Å². The molecule has 0 N–H and O–H groups in total. The first-order valence-electron chi connectivity index (χ1n) is 4.05. The fraction of sp³-hybridized carbons (Fsp3) is 0.200. The van der Waals surface area contributed by atoms with Gasteiger partial charge in [-0.25, -0.2) is 0 Å². The zero-order valence-corrected chi connectivity index (χ0v) is 7.76. The lowest BCUT2D eigenvalue weighted by atomic mass is 10.1. The van der Waals surface area contributed by atoms with E-state index in [0.29, 0.717) is 0 Å². The van der Waals surface area contributed by atoms with Crippen LogP contribution in [0.2, 0.25) is 0 Å². The zero-order valence-electron chi connectivity index (χ0n) is 7.76. The van der Waals surface area contributed by atoms with Crippen LogP contribution in [-0.4, -0.2) is 17.7 Å². The van der Waals surface area contributed by atoms with Crippen molar-refractivity contribution in [2.45, 2.75) is 13.1 Å². The van der Waals surface area contributed by atoms with Gasteiger partial charge in [-0.05, 0) is 6.92 Å². The van der Waals surface area contributed by atoms with E-state index < -0.39 is 17.7 Å². The standard InChI is InChI=1S/C10H7F3O2/c1-6-2-4-7(5-3-6)8(14)9(15)10(11,12)13/h2-5H,1H3. The Balaban J connectivity index is 2.96. The number of alkyl halides is 3. The Kier molecular flexibility index (Phi) is 2.93. The number of aryl methyl sites for hydroxylation is 1. The average Bonchev–Trinajstić information content (AvgIpc) is 2.15. The van der Waals surface area contributed by atoms with Gasteiger partial charge in [0, 0.05) is 5.56 Å². The predicted octanol–water partition coefficient (Wildman–Crippen LogP) is 2.31. The van der Waals surface area contributed by atoms with Crippen molar-refractivity contribution in [1.29, 1.82) is 0 Å². The first kappa shape index (κ1) is 11.4. The molecule has 0 amide bonds. The third kappa shape index (κ3) is 2.65. The van der Waals surface area contributed by atoms with E-state index in [9.17, 15) is 22.8 Å². The summed E-state index contributed by atoms with van der Waals surface area (Å²) in [4.78, 5) is 21.6. The third-order valence-electron chi connectivity index (χ3n) is 1.78. The van der Waals surface area contributed by atoms with Crippen molar-refractivity contribution in [3.8, 4) is 0 Å². The highest BCUT2D eigenvalue weighted by molar-refractivity contribution is 6.45. The summed E-state index contributed by atoms with van der Waals surface area (Å²) >= 11 is 0. The molecule has 0 aliphatic carbocycles. The molecular weight excluding hydrogens is 209 g/mol. The largest absolute Gasteiger partial charge is 0.458 e. The molecule has 0 heterocycles. The van der Waals surface area contributed by atoms with E-state index >= 15 is 0 Å². The Morgan fingerprint density at radius 1 is 1.07 bits per heavy atom. The second kappa shape index (κ2) is 3.84. The van der Waals surface area contributed by atoms with Crippen LogP contribution in [0.15, 0.2) is 24.3 Å². The number of hydrogen-bond acceptors (Lipinski definition) is 2. The normalized spacial score (nSPS) is 11.2. The van der Waals surface area contributed by atoms with E-state index in [2.05, 4.69) is 0 Å². The third-order valence-corrected chi connectivity index (χ3v) is 1.78. The number of ketones is 2. The van der Waals surface area contributed by atoms with E-state index in [1.165, 1.54) is 24.3 Å². The molecule has 1 aromatic carbocycles. The molecule has 2 nitrogen and oxygen atoms in total. The summed E-state index contributed by atoms with van der Waals surface area (Å²) in [5.41, 5.74) is 0.550. The van der Waals surface area contributed by atoms with Crippen LogP contribution >= 0.6 is 0 Å². The molecule has 0 fully saturated rings. The van der Waals surface area contributed by atoms with Crippen molar-refractivity contribution in [2.75, 3.05) is 0 Å². The Morgan fingerprint density at radius 2 is 1.53 bits per heavy atom. The van der Waals surface area contributed by atoms with Crippen LogP contribution in [0, 0.1) is 6.92 Å². The van der Waals surface area contributed by atoms with E-state index in [-0.39, 0.29) is 5.56 Å². The van der Waals surface area contributed by atoms with Gasteiger partial charge in [-0.3, -0.25) is 9.59 Å². The molecule has 0 spiro atoms. The molecule has 15 heavy (non-hydrogen) atoms. The monoisotopic (exact) mass is 216 g/mol. The van der Waals surface area contributed by atoms with Crippen LogP contribution in [0.4, 0.5) is 13.2 Å². The summed E-state index contributed by atoms with van der Waals surface area (Å²) in [5.74, 6) is -3.87. The number of hydrogen-bond donors (Lipinski definition) is 0. The summed E-state index contributed by atoms with van der Waals surface area (Å²) in [6.07, 6.45) is -5.11. The zero-order chi connectivity index (χ0) is 11.6. The van der Waals surface area contributed by atoms with Crippen LogP contribution in [-0.2, 0) is 4.79 Å². The molecule has 0 aliphatic heterocycles. The van der Waals surface area contributed by atoms with Gasteiger partial charge in [0.05, 0.1) is 0 Å². The Labute approximate surface area is 83.7 Å². The van der Waals surface area contributed by atoms with Crippen LogP contribution in [0.3, 0.4) is 0 Å². The topological polar surface area (TPSA) is 34.1 Å². The van der Waals surface area contributed by atoms with Crippen molar-refractivity contribution in [3.63, 3.8) is 0 Å². The van der Waals surface area contributed by atoms with E-state index in [1.807, 2.05) is 0 Å². The number of carbonyl (C=O) groups is 2. The summed E-state index contributed by atoms with van der Waals surface area (Å²) < 4.78 is 35.7. The number of rotatable bonds is 2. The lowest BCUT2D eigenvalue weighted by molar-refractivity contribution is -0.165. The smallest absolute Gasteiger partial charge is 0.285 e. The fourth-order valence-electron chi connectivity index (χ4n) is 0.965. The van der Waals surface area contributed by atoms with E-state index in [1.54, 1.807) is 6.92 Å². The molecule has 0 saturated carbocycles. The Bertz CT molecular complexity index is 390. The molecule has 1 aromatic rings. The maximum Gasteiger partial charge on any atom is 0.458 e. The first-order chi connectivity index (χ1) is 6.82. The van der Waals surface area contributed by atoms with Crippen molar-refractivity contribution >= 4 is 11.6 Å². The lowest BCUT2D eigenvalue weighted by Gasteiger charge is -2.03. The summed E-state index contributed by atoms with van der Waals surface area (Å²) in [6.45, 7) is 1.72. The summed E-state index contributed by atoms with van der Waals surface area (Å²) in [5, 5.41) is 0. The van der Waals surface area contributed by atoms with Gasteiger partial charge in [0.25, 0.3) is 0 Å². The number of benzene rings is 1. The fourth-order valence-corrected chi connectivity index (χ4v) is 0.965. The molecule has 5 heteroatoms. The highest BCUT2D eigenvalue weighted by Crippen LogP contribution is 2.18. The predicted molar refractivity (Wildman–Crippen MR) is 46.6 cm³/mol. The molecule has 0 saturated heterocycles. The molecule has 80 valence electrons. The molecule has 0 aromatic heterocycles. The molecule has 0 aliphatic rings. The summed E-state index contributed by atoms with van der Waals surface area (Å²) in [6, 6.07) is 5.33. The second-order valence-corrected chi connectivity index (χ2v) is 3.02. The highest BCUT2D eigenvalue weighted by Gasteiger charge is 2.43. The molecule has 1 rings (SSSR count). The minimum atomic E-state index is -5.11. The van der Waals surface area contributed by atoms with Gasteiger partial charge in [0.15, 0.2) is 0 Å². The number of carbonyl (C=O) groups excluding carboxylic acids is 2. The van der Waals surface area contributed by atoms with Crippen LogP contribution < -0.4 is 0 Å². The van der Waals surface area contributed by atoms with Gasteiger partial charge in [0.1, 0.15) is 0 Å². The van der Waals surface area contributed by atoms with Crippen LogP contribution in [0.1, 0.15) is 15.9 Å². The Morgan fingerprint density at radius 3 is 1.93 bits per heavy atom. The van der Waals surface area contributed by atoms with Gasteiger partial charge in [-0.15, -0.1) is 0 Å². The van der Waals surface area contributed by atoms with Gasteiger partial charge in [0.2, 0.25) is 5.78 Å². The maximum atomic E-state index is 11.9. The van der Waals surface area contributed by atoms with Gasteiger partial charge >= 0.3 is 12.0 Å². The van der Waals surface area contributed by atoms with Crippen molar-refractivity contribution in [2.24, 2.45) is 0 Å². The van der Waals surface area contributed by atoms with Crippen molar-refractivity contribution in [3.05, 3.63) is 35.4 Å². The lowest BCUT2D eigenvalue weighted by Crippen LogP contribution is -2.30. The first-order valence-corrected chi connectivity index (χ1v) is 4.05. The number of Topliss-reactive ketones (excluding diaryl/α,β-unsaturated/α-hetero) is 2. The summed E-state index contributed by atoms with van der Waals surface area (Å²) in [7, 11) is 0. The minimum absolute atomic E-state index is 0.247. The molecule has 0 unspecified atom stereocenters. The number of halogens is 3. The Hall–Kier alpha value is -1.65. The average molecular weight is 216 g/mol. The van der Waals surface area contributed by atoms with Crippen molar-refractivity contribution < 1.29 is 22.8 Å². The van der Waals surface area contributed by atoms with Gasteiger partial charge < -0.3 is 0 Å². The SMILES string of the molecule is Cc1ccc(C(=O)C(=O)C(F)(F)F)cc1. The molecule has 0 radical (unpaired) electrons. The molecule has 0 bridgehead atoms. The van der Waals surface area contributed by atoms with Crippen LogP contribution in [0.5, 0.6) is 0 Å². The minimum Gasteiger partial charge on any atom is -0.285 e. The van der Waals surface area contributed by atoms with E-state index in [4.69, 9.17) is 0 Å². The molecule has 0 atom stereocenters. The molecular formula is C10H7F3O2. The van der Waals surface area contributed by atoms with Gasteiger partial charge in [-0.2, -0.15) is 13.2 Å². The quantitative estimate of drug-likeness (QED) is 0.561. The second-order valence-electron chi connectivity index (χ2n) is 3.02. The van der Waals surface area contributed by atoms with Gasteiger partial charge in [-0.1, -0.05) is 29.8 Å².